The molecule has 0 radical (unpaired) electrons. The Bertz CT molecular complexity index is 1180. The van der Waals surface area contributed by atoms with E-state index in [1.165, 1.54) is 11.9 Å². The highest BCUT2D eigenvalue weighted by Crippen LogP contribution is 2.33. The molecule has 0 saturated carbocycles. The first kappa shape index (κ1) is 21.7. The molecule has 2 N–H and O–H groups in total. The van der Waals surface area contributed by atoms with E-state index in [0.717, 1.165) is 17.7 Å². The minimum absolute atomic E-state index is 0.103. The van der Waals surface area contributed by atoms with E-state index in [1.54, 1.807) is 0 Å². The van der Waals surface area contributed by atoms with Gasteiger partial charge in [-0.2, -0.15) is 0 Å². The number of nitrogens with one attached hydrogen (secondary N) is 1. The van der Waals surface area contributed by atoms with Gasteiger partial charge < -0.3 is 19.7 Å². The molecule has 7 nitrogen and oxygen atoms in total. The Morgan fingerprint density at radius 3 is 2.44 bits per heavy atom. The molecule has 32 heavy (non-hydrogen) atoms. The second-order valence-corrected chi connectivity index (χ2v) is 8.15. The van der Waals surface area contributed by atoms with Crippen molar-refractivity contribution in [2.24, 2.45) is 5.92 Å². The van der Waals surface area contributed by atoms with E-state index in [0.29, 0.717) is 43.7 Å². The summed E-state index contributed by atoms with van der Waals surface area (Å²) in [6, 6.07) is 5.77. The van der Waals surface area contributed by atoms with Gasteiger partial charge in [-0.1, -0.05) is 0 Å². The highest BCUT2D eigenvalue weighted by molar-refractivity contribution is 5.94. The van der Waals surface area contributed by atoms with Crippen LogP contribution in [0.4, 0.5) is 13.6 Å². The predicted octanol–water partition coefficient (Wildman–Crippen LogP) is 3.88. The minimum Gasteiger partial charge on any atom is -0.465 e. The molecule has 168 valence electrons. The molecule has 2 amide bonds. The number of rotatable bonds is 4. The number of hydrogen-bond acceptors (Lipinski definition) is 3. The van der Waals surface area contributed by atoms with Crippen molar-refractivity contribution in [3.63, 3.8) is 0 Å². The minimum atomic E-state index is -0.935. The van der Waals surface area contributed by atoms with Gasteiger partial charge in [0.05, 0.1) is 17.0 Å². The standard InChI is InChI=1S/C23H24F2N4O3/c1-13-3-8-29-18(10-14-4-6-28(7-5-14)23(31)32)21(27-19(29)9-13)20-16(24)11-15(12-17(20)25)22(30)26-2/h3,8-9,11-12,14H,4-7,10H2,1-2H3,(H,26,30)(H,31,32). The molecular weight excluding hydrogens is 418 g/mol. The van der Waals surface area contributed by atoms with Crippen LogP contribution in [0.2, 0.25) is 0 Å². The van der Waals surface area contributed by atoms with Gasteiger partial charge in [-0.25, -0.2) is 18.6 Å². The summed E-state index contributed by atoms with van der Waals surface area (Å²) in [5.41, 5.74) is 2.04. The van der Waals surface area contributed by atoms with Gasteiger partial charge in [0.15, 0.2) is 0 Å². The van der Waals surface area contributed by atoms with Crippen LogP contribution in [0, 0.1) is 24.5 Å². The number of fused-ring (bicyclic) bond motifs is 1. The van der Waals surface area contributed by atoms with E-state index in [-0.39, 0.29) is 22.7 Å². The summed E-state index contributed by atoms with van der Waals surface area (Å²) in [6.45, 7) is 2.76. The van der Waals surface area contributed by atoms with Crippen molar-refractivity contribution in [3.8, 4) is 11.3 Å². The van der Waals surface area contributed by atoms with Crippen LogP contribution in [0.5, 0.6) is 0 Å². The number of carbonyl (C=O) groups is 2. The highest BCUT2D eigenvalue weighted by atomic mass is 19.1. The molecule has 0 bridgehead atoms. The monoisotopic (exact) mass is 442 g/mol. The van der Waals surface area contributed by atoms with E-state index in [1.807, 2.05) is 29.7 Å². The smallest absolute Gasteiger partial charge is 0.407 e. The third kappa shape index (κ3) is 4.02. The Balaban J connectivity index is 1.77. The second kappa shape index (κ2) is 8.57. The molecule has 4 rings (SSSR count). The number of imidazole rings is 1. The third-order valence-electron chi connectivity index (χ3n) is 6.02. The number of likely N-dealkylation sites (tertiary alicyclic amines) is 1. The maximum atomic E-state index is 15.1. The summed E-state index contributed by atoms with van der Waals surface area (Å²) >= 11 is 0. The van der Waals surface area contributed by atoms with Crippen molar-refractivity contribution >= 4 is 17.6 Å². The predicted molar refractivity (Wildman–Crippen MR) is 115 cm³/mol. The fraction of sp³-hybridized carbons (Fsp3) is 0.348. The summed E-state index contributed by atoms with van der Waals surface area (Å²) in [5.74, 6) is -2.14. The van der Waals surface area contributed by atoms with Gasteiger partial charge in [-0.3, -0.25) is 4.79 Å². The molecular formula is C23H24F2N4O3. The molecule has 1 aromatic carbocycles. The maximum absolute atomic E-state index is 15.1. The van der Waals surface area contributed by atoms with Crippen molar-refractivity contribution in [3.05, 3.63) is 58.9 Å². The molecule has 2 aromatic heterocycles. The quantitative estimate of drug-likeness (QED) is 0.642. The van der Waals surface area contributed by atoms with Crippen LogP contribution in [-0.2, 0) is 6.42 Å². The molecule has 0 spiro atoms. The number of piperidine rings is 1. The van der Waals surface area contributed by atoms with E-state index in [2.05, 4.69) is 10.3 Å². The number of aryl methyl sites for hydroxylation is 1. The first-order valence-corrected chi connectivity index (χ1v) is 10.5. The number of benzene rings is 1. The summed E-state index contributed by atoms with van der Waals surface area (Å²) < 4.78 is 31.9. The number of carboxylic acid groups (broad SMARTS) is 1. The van der Waals surface area contributed by atoms with Gasteiger partial charge in [-0.05, 0) is 61.9 Å². The van der Waals surface area contributed by atoms with Crippen molar-refractivity contribution in [1.29, 1.82) is 0 Å². The number of pyridine rings is 1. The summed E-state index contributed by atoms with van der Waals surface area (Å²) in [6.07, 6.45) is 2.71. The zero-order valence-electron chi connectivity index (χ0n) is 17.9. The number of nitrogens with zero attached hydrogens (tertiary/aromatic N) is 3. The van der Waals surface area contributed by atoms with Gasteiger partial charge in [0.2, 0.25) is 0 Å². The van der Waals surface area contributed by atoms with E-state index >= 15 is 8.78 Å². The normalized spacial score (nSPS) is 14.7. The fourth-order valence-electron chi connectivity index (χ4n) is 4.27. The molecule has 0 atom stereocenters. The van der Waals surface area contributed by atoms with Crippen LogP contribution < -0.4 is 5.32 Å². The Kier molecular flexibility index (Phi) is 5.82. The van der Waals surface area contributed by atoms with Crippen LogP contribution in [0.15, 0.2) is 30.5 Å². The molecule has 1 aliphatic rings. The zero-order chi connectivity index (χ0) is 23.0. The molecule has 9 heteroatoms. The average molecular weight is 442 g/mol. The number of halogens is 2. The Hall–Kier alpha value is -3.49. The molecule has 0 unspecified atom stereocenters. The second-order valence-electron chi connectivity index (χ2n) is 8.15. The Morgan fingerprint density at radius 1 is 1.19 bits per heavy atom. The van der Waals surface area contributed by atoms with E-state index in [9.17, 15) is 14.7 Å². The zero-order valence-corrected chi connectivity index (χ0v) is 17.9. The SMILES string of the molecule is CNC(=O)c1cc(F)c(-c2nc3cc(C)ccn3c2CC2CCN(C(=O)O)CC2)c(F)c1. The third-order valence-corrected chi connectivity index (χ3v) is 6.02. The van der Waals surface area contributed by atoms with Crippen LogP contribution in [0.3, 0.4) is 0 Å². The summed E-state index contributed by atoms with van der Waals surface area (Å²) in [4.78, 5) is 29.0. The summed E-state index contributed by atoms with van der Waals surface area (Å²) in [7, 11) is 1.39. The molecule has 1 saturated heterocycles. The van der Waals surface area contributed by atoms with Crippen LogP contribution in [0.1, 0.15) is 34.5 Å². The average Bonchev–Trinajstić information content (AvgIpc) is 3.09. The van der Waals surface area contributed by atoms with Crippen LogP contribution >= 0.6 is 0 Å². The number of amides is 2. The molecule has 3 aromatic rings. The number of carbonyl (C=O) groups excluding carboxylic acids is 1. The first-order chi connectivity index (χ1) is 15.3. The lowest BCUT2D eigenvalue weighted by Gasteiger charge is -2.30. The first-order valence-electron chi connectivity index (χ1n) is 10.5. The van der Waals surface area contributed by atoms with Gasteiger partial charge in [0.1, 0.15) is 17.3 Å². The number of aromatic nitrogens is 2. The van der Waals surface area contributed by atoms with Crippen molar-refractivity contribution < 1.29 is 23.5 Å². The van der Waals surface area contributed by atoms with Crippen LogP contribution in [0.25, 0.3) is 16.9 Å². The van der Waals surface area contributed by atoms with Crippen molar-refractivity contribution in [1.82, 2.24) is 19.6 Å². The Labute approximate surface area is 183 Å². The topological polar surface area (TPSA) is 86.9 Å². The van der Waals surface area contributed by atoms with Gasteiger partial charge in [-0.15, -0.1) is 0 Å². The van der Waals surface area contributed by atoms with Gasteiger partial charge in [0, 0.05) is 31.9 Å². The lowest BCUT2D eigenvalue weighted by Crippen LogP contribution is -2.38. The molecule has 1 aliphatic heterocycles. The lowest BCUT2D eigenvalue weighted by atomic mass is 9.90. The Morgan fingerprint density at radius 2 is 1.84 bits per heavy atom. The van der Waals surface area contributed by atoms with E-state index < -0.39 is 23.6 Å². The van der Waals surface area contributed by atoms with Gasteiger partial charge >= 0.3 is 6.09 Å². The fourth-order valence-corrected chi connectivity index (χ4v) is 4.27. The molecule has 1 fully saturated rings. The highest BCUT2D eigenvalue weighted by Gasteiger charge is 2.27. The summed E-state index contributed by atoms with van der Waals surface area (Å²) in [5, 5.41) is 11.5. The van der Waals surface area contributed by atoms with Gasteiger partial charge in [0.25, 0.3) is 5.91 Å². The largest absolute Gasteiger partial charge is 0.465 e. The number of hydrogen-bond donors (Lipinski definition) is 2. The molecule has 0 aliphatic carbocycles. The lowest BCUT2D eigenvalue weighted by molar-refractivity contribution is 0.0962. The maximum Gasteiger partial charge on any atom is 0.407 e. The van der Waals surface area contributed by atoms with Crippen molar-refractivity contribution in [2.45, 2.75) is 26.2 Å². The van der Waals surface area contributed by atoms with E-state index in [4.69, 9.17) is 0 Å². The van der Waals surface area contributed by atoms with Crippen LogP contribution in [-0.4, -0.2) is 51.5 Å². The van der Waals surface area contributed by atoms with Crippen molar-refractivity contribution in [2.75, 3.05) is 20.1 Å². The molecule has 3 heterocycles.